The van der Waals surface area contributed by atoms with Gasteiger partial charge in [-0.15, -0.1) is 0 Å². The van der Waals surface area contributed by atoms with Crippen molar-refractivity contribution in [3.8, 4) is 23.1 Å². The van der Waals surface area contributed by atoms with Crippen molar-refractivity contribution in [2.75, 3.05) is 50.8 Å². The Kier molecular flexibility index (Phi) is 7.00. The summed E-state index contributed by atoms with van der Waals surface area (Å²) in [6, 6.07) is 9.33. The Hall–Kier alpha value is -3.58. The molecule has 10 nitrogen and oxygen atoms in total. The summed E-state index contributed by atoms with van der Waals surface area (Å²) in [7, 11) is 0. The molecular formula is C22H29N7O3. The Bertz CT molecular complexity index is 1010. The normalized spacial score (nSPS) is 14.6. The Morgan fingerprint density at radius 2 is 1.84 bits per heavy atom. The van der Waals surface area contributed by atoms with E-state index in [2.05, 4.69) is 14.9 Å². The number of hydrogen-bond acceptors (Lipinski definition) is 9. The summed E-state index contributed by atoms with van der Waals surface area (Å²) in [4.78, 5) is 24.2. The molecule has 2 aromatic rings. The quantitative estimate of drug-likeness (QED) is 0.715. The van der Waals surface area contributed by atoms with E-state index in [4.69, 9.17) is 20.9 Å². The van der Waals surface area contributed by atoms with E-state index in [0.717, 1.165) is 13.1 Å². The SMILES string of the molecule is CC(C)(C)OC(=O)N1CCN(CCOc2ccccc2-c2nc(N)nc(N)c2C#N)CC1. The number of nitrogens with zero attached hydrogens (tertiary/aromatic N) is 5. The Morgan fingerprint density at radius 3 is 2.50 bits per heavy atom. The third-order valence-electron chi connectivity index (χ3n) is 4.90. The van der Waals surface area contributed by atoms with Crippen LogP contribution in [0.15, 0.2) is 24.3 Å². The number of hydrogen-bond donors (Lipinski definition) is 2. The summed E-state index contributed by atoms with van der Waals surface area (Å²) in [6.45, 7) is 9.40. The average Bonchev–Trinajstić information content (AvgIpc) is 2.73. The van der Waals surface area contributed by atoms with Gasteiger partial charge in [0.15, 0.2) is 0 Å². The van der Waals surface area contributed by atoms with Gasteiger partial charge in [-0.25, -0.2) is 9.78 Å². The second-order valence-electron chi connectivity index (χ2n) is 8.46. The van der Waals surface area contributed by atoms with Crippen molar-refractivity contribution in [1.82, 2.24) is 19.8 Å². The number of nitrogens with two attached hydrogens (primary N) is 2. The maximum Gasteiger partial charge on any atom is 0.410 e. The van der Waals surface area contributed by atoms with Crippen LogP contribution in [0.1, 0.15) is 26.3 Å². The van der Waals surface area contributed by atoms with E-state index in [1.807, 2.05) is 45.0 Å². The molecule has 0 bridgehead atoms. The van der Waals surface area contributed by atoms with Gasteiger partial charge >= 0.3 is 6.09 Å². The lowest BCUT2D eigenvalue weighted by Crippen LogP contribution is -2.50. The molecule has 1 aliphatic rings. The van der Waals surface area contributed by atoms with Crippen LogP contribution in [0.25, 0.3) is 11.3 Å². The molecule has 4 N–H and O–H groups in total. The molecule has 0 radical (unpaired) electrons. The van der Waals surface area contributed by atoms with Crippen LogP contribution in [0.5, 0.6) is 5.75 Å². The summed E-state index contributed by atoms with van der Waals surface area (Å²) in [5.41, 5.74) is 12.2. The zero-order chi connectivity index (χ0) is 23.3. The maximum atomic E-state index is 12.2. The van der Waals surface area contributed by atoms with Gasteiger partial charge in [-0.1, -0.05) is 12.1 Å². The van der Waals surface area contributed by atoms with Crippen LogP contribution in [0, 0.1) is 11.3 Å². The lowest BCUT2D eigenvalue weighted by Gasteiger charge is -2.35. The summed E-state index contributed by atoms with van der Waals surface area (Å²) < 4.78 is 11.5. The zero-order valence-electron chi connectivity index (χ0n) is 18.7. The number of carbonyl (C=O) groups excluding carboxylic acids is 1. The highest BCUT2D eigenvalue weighted by Gasteiger charge is 2.25. The Balaban J connectivity index is 1.59. The fourth-order valence-corrected chi connectivity index (χ4v) is 3.35. The van der Waals surface area contributed by atoms with E-state index in [0.29, 0.717) is 43.2 Å². The lowest BCUT2D eigenvalue weighted by molar-refractivity contribution is 0.0137. The van der Waals surface area contributed by atoms with Gasteiger partial charge in [0.2, 0.25) is 5.95 Å². The number of rotatable bonds is 5. The van der Waals surface area contributed by atoms with Gasteiger partial charge in [-0.05, 0) is 32.9 Å². The largest absolute Gasteiger partial charge is 0.492 e. The smallest absolute Gasteiger partial charge is 0.410 e. The van der Waals surface area contributed by atoms with E-state index in [9.17, 15) is 10.1 Å². The molecule has 1 aromatic carbocycles. The van der Waals surface area contributed by atoms with Gasteiger partial charge in [0.1, 0.15) is 35.4 Å². The minimum Gasteiger partial charge on any atom is -0.492 e. The highest BCUT2D eigenvalue weighted by atomic mass is 16.6. The first-order chi connectivity index (χ1) is 15.2. The number of piperazine rings is 1. The van der Waals surface area contributed by atoms with Crippen molar-refractivity contribution < 1.29 is 14.3 Å². The van der Waals surface area contributed by atoms with Crippen LogP contribution < -0.4 is 16.2 Å². The van der Waals surface area contributed by atoms with Crippen LogP contribution in [0.3, 0.4) is 0 Å². The van der Waals surface area contributed by atoms with Crippen LogP contribution in [-0.2, 0) is 4.74 Å². The monoisotopic (exact) mass is 439 g/mol. The van der Waals surface area contributed by atoms with Crippen LogP contribution in [0.4, 0.5) is 16.6 Å². The number of nitriles is 1. The third-order valence-corrected chi connectivity index (χ3v) is 4.90. The molecule has 1 saturated heterocycles. The molecule has 0 saturated carbocycles. The van der Waals surface area contributed by atoms with Gasteiger partial charge < -0.3 is 25.8 Å². The number of carbonyl (C=O) groups is 1. The first-order valence-corrected chi connectivity index (χ1v) is 10.4. The molecule has 0 aliphatic carbocycles. The van der Waals surface area contributed by atoms with E-state index in [1.165, 1.54) is 0 Å². The minimum absolute atomic E-state index is 0.00541. The predicted octanol–water partition coefficient (Wildman–Crippen LogP) is 2.11. The van der Waals surface area contributed by atoms with Crippen molar-refractivity contribution in [2.45, 2.75) is 26.4 Å². The summed E-state index contributed by atoms with van der Waals surface area (Å²) in [5.74, 6) is 0.607. The standard InChI is InChI=1S/C22H29N7O3/c1-22(2,3)32-21(30)29-10-8-28(9-11-29)12-13-31-17-7-5-4-6-15(17)18-16(14-23)19(24)27-20(25)26-18/h4-7H,8-13H2,1-3H3,(H4,24,25,26,27). The molecule has 3 rings (SSSR count). The van der Waals surface area contributed by atoms with Gasteiger partial charge in [0, 0.05) is 38.3 Å². The van der Waals surface area contributed by atoms with Gasteiger partial charge in [-0.3, -0.25) is 4.90 Å². The molecule has 1 aliphatic heterocycles. The van der Waals surface area contributed by atoms with Gasteiger partial charge in [0.25, 0.3) is 0 Å². The van der Waals surface area contributed by atoms with Crippen molar-refractivity contribution in [2.24, 2.45) is 0 Å². The molecule has 10 heteroatoms. The van der Waals surface area contributed by atoms with Crippen molar-refractivity contribution >= 4 is 17.9 Å². The van der Waals surface area contributed by atoms with E-state index in [1.54, 1.807) is 11.0 Å². The molecule has 32 heavy (non-hydrogen) atoms. The first kappa shape index (κ1) is 23.1. The van der Waals surface area contributed by atoms with Gasteiger partial charge in [-0.2, -0.15) is 10.2 Å². The fourth-order valence-electron chi connectivity index (χ4n) is 3.35. The molecule has 1 fully saturated rings. The van der Waals surface area contributed by atoms with Crippen molar-refractivity contribution in [3.05, 3.63) is 29.8 Å². The number of anilines is 2. The first-order valence-electron chi connectivity index (χ1n) is 10.4. The molecule has 170 valence electrons. The fraction of sp³-hybridized carbons (Fsp3) is 0.455. The summed E-state index contributed by atoms with van der Waals surface area (Å²) in [6.07, 6.45) is -0.279. The van der Waals surface area contributed by atoms with Crippen LogP contribution in [0.2, 0.25) is 0 Å². The van der Waals surface area contributed by atoms with Crippen molar-refractivity contribution in [1.29, 1.82) is 5.26 Å². The lowest BCUT2D eigenvalue weighted by atomic mass is 10.1. The highest BCUT2D eigenvalue weighted by Crippen LogP contribution is 2.32. The Morgan fingerprint density at radius 1 is 1.16 bits per heavy atom. The van der Waals surface area contributed by atoms with Crippen LogP contribution in [-0.4, -0.2) is 70.8 Å². The topological polar surface area (TPSA) is 144 Å². The predicted molar refractivity (Wildman–Crippen MR) is 121 cm³/mol. The number of para-hydroxylation sites is 1. The molecule has 1 amide bonds. The van der Waals surface area contributed by atoms with E-state index >= 15 is 0 Å². The van der Waals surface area contributed by atoms with Crippen molar-refractivity contribution in [3.63, 3.8) is 0 Å². The number of nitrogen functional groups attached to an aromatic ring is 2. The number of ether oxygens (including phenoxy) is 2. The molecule has 0 unspecified atom stereocenters. The van der Waals surface area contributed by atoms with Gasteiger partial charge in [0.05, 0.1) is 5.69 Å². The number of benzene rings is 1. The summed E-state index contributed by atoms with van der Waals surface area (Å²) in [5, 5.41) is 9.48. The second kappa shape index (κ2) is 9.70. The third kappa shape index (κ3) is 5.76. The molecule has 0 spiro atoms. The number of aromatic nitrogens is 2. The van der Waals surface area contributed by atoms with E-state index in [-0.39, 0.29) is 23.4 Å². The zero-order valence-corrected chi connectivity index (χ0v) is 18.7. The molecule has 1 aromatic heterocycles. The maximum absolute atomic E-state index is 12.2. The summed E-state index contributed by atoms with van der Waals surface area (Å²) >= 11 is 0. The highest BCUT2D eigenvalue weighted by molar-refractivity contribution is 5.77. The molecule has 2 heterocycles. The van der Waals surface area contributed by atoms with E-state index < -0.39 is 5.60 Å². The number of amides is 1. The Labute approximate surface area is 187 Å². The second-order valence-corrected chi connectivity index (χ2v) is 8.46. The molecule has 0 atom stereocenters. The average molecular weight is 440 g/mol. The minimum atomic E-state index is -0.500. The molecular weight excluding hydrogens is 410 g/mol. The van der Waals surface area contributed by atoms with Crippen LogP contribution >= 0.6 is 0 Å².